The SMILES string of the molecule is CCC(C)c1ccc(C(C)(C)CNCC(=O)O)cc1. The highest BCUT2D eigenvalue weighted by Gasteiger charge is 2.20. The largest absolute Gasteiger partial charge is 0.480 e. The quantitative estimate of drug-likeness (QED) is 0.794. The van der Waals surface area contributed by atoms with Crippen LogP contribution in [0.5, 0.6) is 0 Å². The van der Waals surface area contributed by atoms with E-state index in [0.717, 1.165) is 6.42 Å². The standard InChI is InChI=1S/C16H25NO2/c1-5-12(2)13-6-8-14(9-7-13)16(3,4)11-17-10-15(18)19/h6-9,12,17H,5,10-11H2,1-4H3,(H,18,19). The predicted molar refractivity (Wildman–Crippen MR) is 78.7 cm³/mol. The molecular formula is C16H25NO2. The second-order valence-electron chi connectivity index (χ2n) is 5.81. The highest BCUT2D eigenvalue weighted by atomic mass is 16.4. The minimum Gasteiger partial charge on any atom is -0.480 e. The Balaban J connectivity index is 2.70. The molecule has 0 saturated carbocycles. The minimum atomic E-state index is -0.817. The molecule has 0 heterocycles. The lowest BCUT2D eigenvalue weighted by molar-refractivity contribution is -0.136. The second-order valence-corrected chi connectivity index (χ2v) is 5.81. The van der Waals surface area contributed by atoms with Crippen LogP contribution in [0.25, 0.3) is 0 Å². The van der Waals surface area contributed by atoms with Crippen molar-refractivity contribution in [3.05, 3.63) is 35.4 Å². The fourth-order valence-corrected chi connectivity index (χ4v) is 2.08. The van der Waals surface area contributed by atoms with Gasteiger partial charge in [0.25, 0.3) is 0 Å². The molecule has 2 N–H and O–H groups in total. The first kappa shape index (κ1) is 15.7. The number of benzene rings is 1. The lowest BCUT2D eigenvalue weighted by atomic mass is 9.83. The monoisotopic (exact) mass is 263 g/mol. The molecule has 19 heavy (non-hydrogen) atoms. The number of hydrogen-bond acceptors (Lipinski definition) is 2. The zero-order chi connectivity index (χ0) is 14.5. The summed E-state index contributed by atoms with van der Waals surface area (Å²) in [6.07, 6.45) is 1.14. The van der Waals surface area contributed by atoms with Crippen LogP contribution in [-0.2, 0) is 10.2 Å². The van der Waals surface area contributed by atoms with Crippen molar-refractivity contribution in [3.8, 4) is 0 Å². The molecule has 3 heteroatoms. The number of nitrogens with one attached hydrogen (secondary N) is 1. The van der Waals surface area contributed by atoms with Crippen molar-refractivity contribution in [2.45, 2.75) is 45.4 Å². The molecule has 1 rings (SSSR count). The van der Waals surface area contributed by atoms with Gasteiger partial charge >= 0.3 is 5.97 Å². The third-order valence-corrected chi connectivity index (χ3v) is 3.72. The van der Waals surface area contributed by atoms with Crippen LogP contribution in [0.2, 0.25) is 0 Å². The molecule has 1 atom stereocenters. The molecule has 3 nitrogen and oxygen atoms in total. The Kier molecular flexibility index (Phi) is 5.55. The van der Waals surface area contributed by atoms with Crippen LogP contribution in [-0.4, -0.2) is 24.2 Å². The van der Waals surface area contributed by atoms with Crippen LogP contribution in [0.1, 0.15) is 51.2 Å². The van der Waals surface area contributed by atoms with Crippen molar-refractivity contribution < 1.29 is 9.90 Å². The number of rotatable bonds is 7. The fraction of sp³-hybridized carbons (Fsp3) is 0.562. The summed E-state index contributed by atoms with van der Waals surface area (Å²) in [4.78, 5) is 10.5. The Labute approximate surface area is 116 Å². The maximum absolute atomic E-state index is 10.5. The third kappa shape index (κ3) is 4.67. The number of carbonyl (C=O) groups is 1. The lowest BCUT2D eigenvalue weighted by Crippen LogP contribution is -2.35. The molecule has 1 aromatic carbocycles. The maximum Gasteiger partial charge on any atom is 0.317 e. The van der Waals surface area contributed by atoms with Crippen molar-refractivity contribution in [3.63, 3.8) is 0 Å². The van der Waals surface area contributed by atoms with Gasteiger partial charge in [-0.15, -0.1) is 0 Å². The minimum absolute atomic E-state index is 0.00832. The summed E-state index contributed by atoms with van der Waals surface area (Å²) < 4.78 is 0. The van der Waals surface area contributed by atoms with E-state index in [4.69, 9.17) is 5.11 Å². The molecule has 0 aliphatic heterocycles. The van der Waals surface area contributed by atoms with Crippen LogP contribution in [0, 0.1) is 0 Å². The molecule has 0 amide bonds. The molecule has 0 saturated heterocycles. The van der Waals surface area contributed by atoms with E-state index in [0.29, 0.717) is 12.5 Å². The summed E-state index contributed by atoms with van der Waals surface area (Å²) in [5.41, 5.74) is 2.53. The molecule has 0 aromatic heterocycles. The van der Waals surface area contributed by atoms with Gasteiger partial charge in [0.1, 0.15) is 0 Å². The smallest absolute Gasteiger partial charge is 0.317 e. The first-order valence-electron chi connectivity index (χ1n) is 6.89. The second kappa shape index (κ2) is 6.71. The molecule has 1 aromatic rings. The van der Waals surface area contributed by atoms with Crippen molar-refractivity contribution in [2.75, 3.05) is 13.1 Å². The molecule has 106 valence electrons. The molecule has 1 unspecified atom stereocenters. The molecular weight excluding hydrogens is 238 g/mol. The first-order chi connectivity index (χ1) is 8.86. The van der Waals surface area contributed by atoms with Gasteiger partial charge in [-0.2, -0.15) is 0 Å². The fourth-order valence-electron chi connectivity index (χ4n) is 2.08. The third-order valence-electron chi connectivity index (χ3n) is 3.72. The molecule has 0 aliphatic rings. The first-order valence-corrected chi connectivity index (χ1v) is 6.89. The highest BCUT2D eigenvalue weighted by molar-refractivity contribution is 5.69. The van der Waals surface area contributed by atoms with Gasteiger partial charge < -0.3 is 10.4 Å². The zero-order valence-corrected chi connectivity index (χ0v) is 12.4. The Morgan fingerprint density at radius 1 is 1.32 bits per heavy atom. The molecule has 0 aliphatic carbocycles. The van der Waals surface area contributed by atoms with Gasteiger partial charge in [-0.05, 0) is 23.5 Å². The normalized spacial score (nSPS) is 13.3. The summed E-state index contributed by atoms with van der Waals surface area (Å²) >= 11 is 0. The Morgan fingerprint density at radius 3 is 2.37 bits per heavy atom. The van der Waals surface area contributed by atoms with Gasteiger partial charge in [-0.1, -0.05) is 52.0 Å². The van der Waals surface area contributed by atoms with Crippen molar-refractivity contribution >= 4 is 5.97 Å². The number of aliphatic carboxylic acids is 1. The summed E-state index contributed by atoms with van der Waals surface area (Å²) in [5.74, 6) is -0.231. The van der Waals surface area contributed by atoms with Crippen LogP contribution in [0.4, 0.5) is 0 Å². The number of carboxylic acid groups (broad SMARTS) is 1. The predicted octanol–water partition coefficient (Wildman–Crippen LogP) is 3.15. The van der Waals surface area contributed by atoms with Crippen LogP contribution < -0.4 is 5.32 Å². The van der Waals surface area contributed by atoms with Crippen molar-refractivity contribution in [1.29, 1.82) is 0 Å². The highest BCUT2D eigenvalue weighted by Crippen LogP contribution is 2.25. The van der Waals surface area contributed by atoms with Gasteiger partial charge in [0.05, 0.1) is 6.54 Å². The number of hydrogen-bond donors (Lipinski definition) is 2. The maximum atomic E-state index is 10.5. The van der Waals surface area contributed by atoms with Crippen molar-refractivity contribution in [2.24, 2.45) is 0 Å². The van der Waals surface area contributed by atoms with E-state index >= 15 is 0 Å². The van der Waals surface area contributed by atoms with Gasteiger partial charge in [0, 0.05) is 12.0 Å². The van der Waals surface area contributed by atoms with Crippen molar-refractivity contribution in [1.82, 2.24) is 5.32 Å². The summed E-state index contributed by atoms with van der Waals surface area (Å²) in [6, 6.07) is 8.68. The Bertz CT molecular complexity index is 409. The van der Waals surface area contributed by atoms with E-state index < -0.39 is 5.97 Å². The van der Waals surface area contributed by atoms with Crippen LogP contribution in [0.15, 0.2) is 24.3 Å². The zero-order valence-electron chi connectivity index (χ0n) is 12.4. The molecule has 0 fully saturated rings. The van der Waals surface area contributed by atoms with Crippen LogP contribution >= 0.6 is 0 Å². The molecule has 0 spiro atoms. The van der Waals surface area contributed by atoms with E-state index in [1.165, 1.54) is 11.1 Å². The Hall–Kier alpha value is -1.35. The summed E-state index contributed by atoms with van der Waals surface area (Å²) in [5, 5.41) is 11.6. The van der Waals surface area contributed by atoms with E-state index in [9.17, 15) is 4.79 Å². The topological polar surface area (TPSA) is 49.3 Å². The summed E-state index contributed by atoms with van der Waals surface area (Å²) in [7, 11) is 0. The van der Waals surface area contributed by atoms with Gasteiger partial charge in [-0.3, -0.25) is 4.79 Å². The van der Waals surface area contributed by atoms with Gasteiger partial charge in [0.2, 0.25) is 0 Å². The molecule has 0 bridgehead atoms. The average molecular weight is 263 g/mol. The van der Waals surface area contributed by atoms with E-state index in [-0.39, 0.29) is 12.0 Å². The Morgan fingerprint density at radius 2 is 1.89 bits per heavy atom. The van der Waals surface area contributed by atoms with E-state index in [1.807, 2.05) is 0 Å². The van der Waals surface area contributed by atoms with E-state index in [1.54, 1.807) is 0 Å². The van der Waals surface area contributed by atoms with Gasteiger partial charge in [0.15, 0.2) is 0 Å². The molecule has 0 radical (unpaired) electrons. The average Bonchev–Trinajstić information content (AvgIpc) is 2.37. The van der Waals surface area contributed by atoms with Crippen LogP contribution in [0.3, 0.4) is 0 Å². The van der Waals surface area contributed by atoms with Gasteiger partial charge in [-0.25, -0.2) is 0 Å². The number of carboxylic acids is 1. The lowest BCUT2D eigenvalue weighted by Gasteiger charge is -2.26. The summed E-state index contributed by atoms with van der Waals surface area (Å²) in [6.45, 7) is 9.34. The van der Waals surface area contributed by atoms with E-state index in [2.05, 4.69) is 57.3 Å².